The van der Waals surface area contributed by atoms with Crippen LogP contribution in [0.5, 0.6) is 0 Å². The van der Waals surface area contributed by atoms with E-state index in [1.54, 1.807) is 25.4 Å². The van der Waals surface area contributed by atoms with Crippen LogP contribution in [0, 0.1) is 5.95 Å². The van der Waals surface area contributed by atoms with Crippen LogP contribution in [0.2, 0.25) is 5.02 Å². The lowest BCUT2D eigenvalue weighted by Gasteiger charge is -2.31. The molecule has 3 heterocycles. The van der Waals surface area contributed by atoms with E-state index < -0.39 is 5.95 Å². The van der Waals surface area contributed by atoms with Gasteiger partial charge in [0.1, 0.15) is 6.54 Å². The van der Waals surface area contributed by atoms with Gasteiger partial charge in [-0.1, -0.05) is 11.6 Å². The van der Waals surface area contributed by atoms with E-state index in [2.05, 4.69) is 15.0 Å². The van der Waals surface area contributed by atoms with Gasteiger partial charge in [0.15, 0.2) is 0 Å². The number of fused-ring (bicyclic) bond motifs is 3. The number of carbonyl (C=O) groups excluding carboxylic acids is 1. The number of nitrogens with zero attached hydrogens (tertiary/aromatic N) is 5. The van der Waals surface area contributed by atoms with E-state index >= 15 is 0 Å². The van der Waals surface area contributed by atoms with E-state index in [4.69, 9.17) is 16.3 Å². The third-order valence-corrected chi connectivity index (χ3v) is 5.50. The molecule has 0 spiro atoms. The highest BCUT2D eigenvalue weighted by Crippen LogP contribution is 2.33. The number of likely N-dealkylation sites (N-methyl/N-ethyl adjacent to an activating group) is 1. The van der Waals surface area contributed by atoms with Crippen LogP contribution in [0.25, 0.3) is 11.0 Å². The molecule has 4 rings (SSSR count). The first-order valence-corrected chi connectivity index (χ1v) is 9.88. The molecule has 152 valence electrons. The fourth-order valence-electron chi connectivity index (χ4n) is 3.95. The Labute approximate surface area is 172 Å². The van der Waals surface area contributed by atoms with Crippen LogP contribution in [0.15, 0.2) is 24.5 Å². The third-order valence-electron chi connectivity index (χ3n) is 5.31. The van der Waals surface area contributed by atoms with Crippen molar-refractivity contribution >= 4 is 34.6 Å². The van der Waals surface area contributed by atoms with Gasteiger partial charge in [0.05, 0.1) is 35.1 Å². The standard InChI is InChI=1S/C20H21ClFN5O2/c1-3-29-18(28)11-27-15-5-4-13(26(2)20-23-9-12(21)10-24-20)8-14(15)19-16(27)6-7-17(22)25-19/h6-7,9-10,13H,3-5,8,11H2,1-2H3. The monoisotopic (exact) mass is 417 g/mol. The molecule has 29 heavy (non-hydrogen) atoms. The second kappa shape index (κ2) is 7.94. The van der Waals surface area contributed by atoms with Gasteiger partial charge in [0.25, 0.3) is 0 Å². The summed E-state index contributed by atoms with van der Waals surface area (Å²) in [5, 5.41) is 0.481. The summed E-state index contributed by atoms with van der Waals surface area (Å²) in [6.45, 7) is 2.19. The van der Waals surface area contributed by atoms with Crippen molar-refractivity contribution in [2.75, 3.05) is 18.6 Å². The van der Waals surface area contributed by atoms with Gasteiger partial charge in [0, 0.05) is 24.3 Å². The van der Waals surface area contributed by atoms with Crippen LogP contribution >= 0.6 is 11.6 Å². The second-order valence-corrected chi connectivity index (χ2v) is 7.46. The van der Waals surface area contributed by atoms with Gasteiger partial charge in [-0.2, -0.15) is 4.39 Å². The minimum atomic E-state index is -0.537. The summed E-state index contributed by atoms with van der Waals surface area (Å²) in [7, 11) is 1.94. The van der Waals surface area contributed by atoms with E-state index in [-0.39, 0.29) is 18.6 Å². The first kappa shape index (κ1) is 19.6. The predicted octanol–water partition coefficient (Wildman–Crippen LogP) is 3.18. The van der Waals surface area contributed by atoms with Gasteiger partial charge in [-0.15, -0.1) is 0 Å². The first-order chi connectivity index (χ1) is 14.0. The van der Waals surface area contributed by atoms with Gasteiger partial charge in [0.2, 0.25) is 11.9 Å². The number of hydrogen-bond acceptors (Lipinski definition) is 6. The van der Waals surface area contributed by atoms with Gasteiger partial charge in [-0.25, -0.2) is 15.0 Å². The molecular formula is C20H21ClFN5O2. The number of aromatic nitrogens is 4. The Morgan fingerprint density at radius 1 is 1.38 bits per heavy atom. The average molecular weight is 418 g/mol. The highest BCUT2D eigenvalue weighted by atomic mass is 35.5. The van der Waals surface area contributed by atoms with Crippen molar-refractivity contribution in [3.63, 3.8) is 0 Å². The Hall–Kier alpha value is -2.74. The third kappa shape index (κ3) is 3.76. The van der Waals surface area contributed by atoms with Crippen molar-refractivity contribution in [1.29, 1.82) is 0 Å². The summed E-state index contributed by atoms with van der Waals surface area (Å²) < 4.78 is 20.9. The molecule has 0 aromatic carbocycles. The predicted molar refractivity (Wildman–Crippen MR) is 108 cm³/mol. The molecule has 1 atom stereocenters. The number of rotatable bonds is 5. The zero-order valence-corrected chi connectivity index (χ0v) is 17.0. The number of carbonyl (C=O) groups is 1. The first-order valence-electron chi connectivity index (χ1n) is 9.50. The lowest BCUT2D eigenvalue weighted by Crippen LogP contribution is -2.37. The summed E-state index contributed by atoms with van der Waals surface area (Å²) >= 11 is 5.89. The lowest BCUT2D eigenvalue weighted by atomic mass is 9.91. The highest BCUT2D eigenvalue weighted by Gasteiger charge is 2.30. The molecular weight excluding hydrogens is 397 g/mol. The Balaban J connectivity index is 1.70. The molecule has 0 aliphatic heterocycles. The summed E-state index contributed by atoms with van der Waals surface area (Å²) in [4.78, 5) is 26.8. The summed E-state index contributed by atoms with van der Waals surface area (Å²) in [6, 6.07) is 3.12. The normalized spacial score (nSPS) is 15.9. The van der Waals surface area contributed by atoms with E-state index in [0.717, 1.165) is 29.6 Å². The smallest absolute Gasteiger partial charge is 0.325 e. The molecule has 9 heteroatoms. The summed E-state index contributed by atoms with van der Waals surface area (Å²) in [5.74, 6) is -0.271. The van der Waals surface area contributed by atoms with Crippen molar-refractivity contribution in [3.8, 4) is 0 Å². The molecule has 0 saturated carbocycles. The van der Waals surface area contributed by atoms with Gasteiger partial charge in [-0.3, -0.25) is 4.79 Å². The molecule has 0 N–H and O–H groups in total. The fourth-order valence-corrected chi connectivity index (χ4v) is 4.05. The topological polar surface area (TPSA) is 73.1 Å². The Morgan fingerprint density at radius 3 is 2.86 bits per heavy atom. The molecule has 0 saturated heterocycles. The maximum atomic E-state index is 13.9. The molecule has 3 aromatic heterocycles. The number of hydrogen-bond donors (Lipinski definition) is 0. The van der Waals surface area contributed by atoms with E-state index in [9.17, 15) is 9.18 Å². The number of halogens is 2. The lowest BCUT2D eigenvalue weighted by molar-refractivity contribution is -0.143. The molecule has 1 aliphatic carbocycles. The van der Waals surface area contributed by atoms with Gasteiger partial charge >= 0.3 is 5.97 Å². The van der Waals surface area contributed by atoms with Crippen molar-refractivity contribution in [3.05, 3.63) is 46.8 Å². The minimum absolute atomic E-state index is 0.0911. The number of pyridine rings is 1. The molecule has 0 bridgehead atoms. The van der Waals surface area contributed by atoms with Gasteiger partial charge in [-0.05, 0) is 38.3 Å². The van der Waals surface area contributed by atoms with Crippen molar-refractivity contribution < 1.29 is 13.9 Å². The van der Waals surface area contributed by atoms with E-state index in [1.165, 1.54) is 6.07 Å². The van der Waals surface area contributed by atoms with Crippen molar-refractivity contribution in [1.82, 2.24) is 19.5 Å². The van der Waals surface area contributed by atoms with Crippen LogP contribution in [-0.4, -0.2) is 45.2 Å². The average Bonchev–Trinajstić information content (AvgIpc) is 3.00. The largest absolute Gasteiger partial charge is 0.465 e. The number of anilines is 1. The maximum Gasteiger partial charge on any atom is 0.325 e. The molecule has 1 unspecified atom stereocenters. The fraction of sp³-hybridized carbons (Fsp3) is 0.400. The Morgan fingerprint density at radius 2 is 2.14 bits per heavy atom. The summed E-state index contributed by atoms with van der Waals surface area (Å²) in [6.07, 6.45) is 5.36. The highest BCUT2D eigenvalue weighted by molar-refractivity contribution is 6.30. The second-order valence-electron chi connectivity index (χ2n) is 7.03. The summed E-state index contributed by atoms with van der Waals surface area (Å²) in [5.41, 5.74) is 3.31. The van der Waals surface area contributed by atoms with Crippen molar-refractivity contribution in [2.45, 2.75) is 38.8 Å². The zero-order valence-electron chi connectivity index (χ0n) is 16.2. The SMILES string of the molecule is CCOC(=O)Cn1c2c(c3nc(F)ccc31)CC(N(C)c1ncc(Cl)cn1)CC2. The molecule has 7 nitrogen and oxygen atoms in total. The van der Waals surface area contributed by atoms with Crippen LogP contribution < -0.4 is 4.90 Å². The number of ether oxygens (including phenoxy) is 1. The van der Waals surface area contributed by atoms with Crippen LogP contribution in [-0.2, 0) is 28.9 Å². The molecule has 1 aliphatic rings. The molecule has 0 fully saturated rings. The minimum Gasteiger partial charge on any atom is -0.465 e. The molecule has 0 amide bonds. The quantitative estimate of drug-likeness (QED) is 0.469. The van der Waals surface area contributed by atoms with Crippen LogP contribution in [0.4, 0.5) is 10.3 Å². The molecule has 3 aromatic rings. The van der Waals surface area contributed by atoms with E-state index in [1.807, 2.05) is 16.5 Å². The van der Waals surface area contributed by atoms with E-state index in [0.29, 0.717) is 29.5 Å². The van der Waals surface area contributed by atoms with Crippen molar-refractivity contribution in [2.24, 2.45) is 0 Å². The van der Waals surface area contributed by atoms with Crippen LogP contribution in [0.3, 0.4) is 0 Å². The Bertz CT molecular complexity index is 1050. The Kier molecular flexibility index (Phi) is 5.36. The van der Waals surface area contributed by atoms with Gasteiger partial charge < -0.3 is 14.2 Å². The number of esters is 1. The molecule has 0 radical (unpaired) electrons. The zero-order chi connectivity index (χ0) is 20.5. The van der Waals surface area contributed by atoms with Crippen LogP contribution in [0.1, 0.15) is 24.6 Å². The maximum absolute atomic E-state index is 13.9.